The molecule has 142 valence electrons. The van der Waals surface area contributed by atoms with Gasteiger partial charge in [0, 0.05) is 57.3 Å². The summed E-state index contributed by atoms with van der Waals surface area (Å²) in [5.74, 6) is 0. The Bertz CT molecular complexity index is 758. The third kappa shape index (κ3) is 4.39. The number of aromatic nitrogens is 1. The zero-order chi connectivity index (χ0) is 18.6. The third-order valence-electron chi connectivity index (χ3n) is 5.24. The monoisotopic (exact) mass is 366 g/mol. The first-order valence-electron chi connectivity index (χ1n) is 9.58. The highest BCUT2D eigenvalue weighted by Crippen LogP contribution is 2.20. The van der Waals surface area contributed by atoms with Gasteiger partial charge < -0.3 is 14.5 Å². The number of pyridine rings is 1. The second kappa shape index (κ2) is 7.96. The van der Waals surface area contributed by atoms with Crippen LogP contribution in [0.1, 0.15) is 18.1 Å². The Morgan fingerprint density at radius 3 is 2.26 bits per heavy atom. The van der Waals surface area contributed by atoms with Gasteiger partial charge in [-0.15, -0.1) is 0 Å². The highest BCUT2D eigenvalue weighted by Gasteiger charge is 2.27. The van der Waals surface area contributed by atoms with E-state index in [0.29, 0.717) is 13.1 Å². The number of amides is 1. The van der Waals surface area contributed by atoms with Crippen molar-refractivity contribution in [2.45, 2.75) is 26.1 Å². The molecule has 3 heterocycles. The summed E-state index contributed by atoms with van der Waals surface area (Å²) in [7, 11) is 0. The minimum Gasteiger partial charge on any atom is -0.444 e. The minimum atomic E-state index is -0.211. The van der Waals surface area contributed by atoms with Crippen LogP contribution >= 0.6 is 0 Å². The van der Waals surface area contributed by atoms with E-state index in [0.717, 1.165) is 38.3 Å². The Hall–Kier alpha value is -2.60. The summed E-state index contributed by atoms with van der Waals surface area (Å²) in [6.07, 6.45) is 3.49. The van der Waals surface area contributed by atoms with Crippen molar-refractivity contribution in [3.05, 3.63) is 59.9 Å². The maximum atomic E-state index is 11.8. The molecule has 0 N–H and O–H groups in total. The second-order valence-corrected chi connectivity index (χ2v) is 7.36. The van der Waals surface area contributed by atoms with E-state index in [1.54, 1.807) is 4.90 Å². The van der Waals surface area contributed by atoms with Crippen molar-refractivity contribution in [2.24, 2.45) is 0 Å². The number of carbonyl (C=O) groups excluding carboxylic acids is 1. The lowest BCUT2D eigenvalue weighted by molar-refractivity contribution is 0.137. The molecule has 2 fully saturated rings. The highest BCUT2D eigenvalue weighted by molar-refractivity contribution is 5.69. The van der Waals surface area contributed by atoms with Crippen LogP contribution < -0.4 is 4.90 Å². The molecule has 27 heavy (non-hydrogen) atoms. The number of hydrogen-bond acceptors (Lipinski definition) is 5. The van der Waals surface area contributed by atoms with Gasteiger partial charge in [0.15, 0.2) is 0 Å². The quantitative estimate of drug-likeness (QED) is 0.814. The number of ether oxygens (including phenoxy) is 1. The zero-order valence-electron chi connectivity index (χ0n) is 15.8. The van der Waals surface area contributed by atoms with E-state index in [1.165, 1.54) is 11.3 Å². The SMILES string of the molecule is CC1CN(Cc2ccc(N3CCN(Cc4ccncc4)CC3)cc2)C(=O)O1. The van der Waals surface area contributed by atoms with Gasteiger partial charge in [0.05, 0.1) is 6.54 Å². The summed E-state index contributed by atoms with van der Waals surface area (Å²) in [4.78, 5) is 22.5. The van der Waals surface area contributed by atoms with Crippen LogP contribution in [-0.2, 0) is 17.8 Å². The lowest BCUT2D eigenvalue weighted by Gasteiger charge is -2.36. The predicted molar refractivity (Wildman–Crippen MR) is 105 cm³/mol. The van der Waals surface area contributed by atoms with Gasteiger partial charge in [0.2, 0.25) is 0 Å². The minimum absolute atomic E-state index is 0.0137. The number of hydrogen-bond donors (Lipinski definition) is 0. The standard InChI is InChI=1S/C21H26N4O2/c1-17-14-25(21(26)27-17)16-18-2-4-20(5-3-18)24-12-10-23(11-13-24)15-19-6-8-22-9-7-19/h2-9,17H,10-16H2,1H3. The molecule has 1 aromatic heterocycles. The van der Waals surface area contributed by atoms with Crippen LogP contribution in [-0.4, -0.2) is 59.7 Å². The summed E-state index contributed by atoms with van der Waals surface area (Å²) in [5, 5.41) is 0. The molecule has 0 radical (unpaired) electrons. The maximum Gasteiger partial charge on any atom is 0.410 e. The van der Waals surface area contributed by atoms with Crippen molar-refractivity contribution in [1.29, 1.82) is 0 Å². The Labute approximate surface area is 160 Å². The first kappa shape index (κ1) is 17.8. The van der Waals surface area contributed by atoms with Crippen LogP contribution in [0.5, 0.6) is 0 Å². The molecule has 2 saturated heterocycles. The van der Waals surface area contributed by atoms with E-state index < -0.39 is 0 Å². The highest BCUT2D eigenvalue weighted by atomic mass is 16.6. The summed E-state index contributed by atoms with van der Waals surface area (Å²) in [5.41, 5.74) is 3.71. The smallest absolute Gasteiger partial charge is 0.410 e. The molecule has 2 aliphatic rings. The molecule has 2 aromatic rings. The second-order valence-electron chi connectivity index (χ2n) is 7.36. The number of carbonyl (C=O) groups is 1. The van der Waals surface area contributed by atoms with Gasteiger partial charge in [0.1, 0.15) is 6.10 Å². The van der Waals surface area contributed by atoms with Gasteiger partial charge in [-0.05, 0) is 42.3 Å². The molecule has 2 aliphatic heterocycles. The lowest BCUT2D eigenvalue weighted by Crippen LogP contribution is -2.45. The zero-order valence-corrected chi connectivity index (χ0v) is 15.8. The summed E-state index contributed by atoms with van der Waals surface area (Å²) in [6.45, 7) is 8.36. The molecule has 6 heteroatoms. The first-order chi connectivity index (χ1) is 13.2. The Morgan fingerprint density at radius 2 is 1.63 bits per heavy atom. The molecule has 0 spiro atoms. The van der Waals surface area contributed by atoms with Crippen molar-refractivity contribution >= 4 is 11.8 Å². The predicted octanol–water partition coefficient (Wildman–Crippen LogP) is 2.74. The van der Waals surface area contributed by atoms with Crippen LogP contribution in [0.15, 0.2) is 48.8 Å². The van der Waals surface area contributed by atoms with Crippen LogP contribution in [0.2, 0.25) is 0 Å². The fourth-order valence-electron chi connectivity index (χ4n) is 3.74. The summed E-state index contributed by atoms with van der Waals surface area (Å²) in [6, 6.07) is 12.7. The van der Waals surface area contributed by atoms with Gasteiger partial charge in [-0.3, -0.25) is 9.88 Å². The lowest BCUT2D eigenvalue weighted by atomic mass is 10.1. The van der Waals surface area contributed by atoms with E-state index in [-0.39, 0.29) is 12.2 Å². The van der Waals surface area contributed by atoms with E-state index in [1.807, 2.05) is 19.3 Å². The number of anilines is 1. The van der Waals surface area contributed by atoms with E-state index >= 15 is 0 Å². The third-order valence-corrected chi connectivity index (χ3v) is 5.24. The van der Waals surface area contributed by atoms with E-state index in [2.05, 4.69) is 51.2 Å². The van der Waals surface area contributed by atoms with Gasteiger partial charge in [0.25, 0.3) is 0 Å². The molecule has 0 aliphatic carbocycles. The average Bonchev–Trinajstić information content (AvgIpc) is 3.01. The average molecular weight is 366 g/mol. The van der Waals surface area contributed by atoms with E-state index in [9.17, 15) is 4.79 Å². The number of rotatable bonds is 5. The molecule has 6 nitrogen and oxygen atoms in total. The first-order valence-corrected chi connectivity index (χ1v) is 9.58. The molecule has 0 bridgehead atoms. The summed E-state index contributed by atoms with van der Waals surface area (Å²) >= 11 is 0. The fraction of sp³-hybridized carbons (Fsp3) is 0.429. The summed E-state index contributed by atoms with van der Waals surface area (Å²) < 4.78 is 5.19. The molecule has 1 atom stereocenters. The number of benzene rings is 1. The molecular weight excluding hydrogens is 340 g/mol. The van der Waals surface area contributed by atoms with Gasteiger partial charge in [-0.25, -0.2) is 4.79 Å². The van der Waals surface area contributed by atoms with Gasteiger partial charge in [-0.1, -0.05) is 12.1 Å². The largest absolute Gasteiger partial charge is 0.444 e. The Kier molecular flexibility index (Phi) is 5.25. The topological polar surface area (TPSA) is 48.9 Å². The van der Waals surface area contributed by atoms with Crippen LogP contribution in [0.3, 0.4) is 0 Å². The molecular formula is C21H26N4O2. The molecule has 1 unspecified atom stereocenters. The van der Waals surface area contributed by atoms with Crippen molar-refractivity contribution in [3.63, 3.8) is 0 Å². The normalized spacial score (nSPS) is 20.8. The van der Waals surface area contributed by atoms with Crippen molar-refractivity contribution < 1.29 is 9.53 Å². The van der Waals surface area contributed by atoms with Gasteiger partial charge >= 0.3 is 6.09 Å². The Balaban J connectivity index is 1.29. The fourth-order valence-corrected chi connectivity index (χ4v) is 3.74. The van der Waals surface area contributed by atoms with Crippen LogP contribution in [0, 0.1) is 0 Å². The molecule has 1 amide bonds. The molecule has 0 saturated carbocycles. The van der Waals surface area contributed by atoms with E-state index in [4.69, 9.17) is 4.74 Å². The Morgan fingerprint density at radius 1 is 0.963 bits per heavy atom. The number of piperazine rings is 1. The van der Waals surface area contributed by atoms with Crippen molar-refractivity contribution in [2.75, 3.05) is 37.6 Å². The number of cyclic esters (lactones) is 1. The molecule has 4 rings (SSSR count). The van der Waals surface area contributed by atoms with Crippen LogP contribution in [0.4, 0.5) is 10.5 Å². The maximum absolute atomic E-state index is 11.8. The van der Waals surface area contributed by atoms with Gasteiger partial charge in [-0.2, -0.15) is 0 Å². The molecule has 1 aromatic carbocycles. The number of nitrogens with zero attached hydrogens (tertiary/aromatic N) is 4. The van der Waals surface area contributed by atoms with Crippen molar-refractivity contribution in [3.8, 4) is 0 Å². The van der Waals surface area contributed by atoms with Crippen molar-refractivity contribution in [1.82, 2.24) is 14.8 Å². The van der Waals surface area contributed by atoms with Crippen LogP contribution in [0.25, 0.3) is 0 Å².